The standard InChI is InChI=1S/C11H17F2NO2/c1-10(6-16-10)9(15)8(14)4-7-2-3-11(12,13)5-7/h7-8H,2-6,14H2,1H3/t7-,8?,10?/m0/s1. The second-order valence-corrected chi connectivity index (χ2v) is 5.19. The second-order valence-electron chi connectivity index (χ2n) is 5.19. The van der Waals surface area contributed by atoms with E-state index < -0.39 is 17.6 Å². The lowest BCUT2D eigenvalue weighted by atomic mass is 9.91. The van der Waals surface area contributed by atoms with Gasteiger partial charge in [0.15, 0.2) is 5.78 Å². The van der Waals surface area contributed by atoms with Crippen molar-refractivity contribution in [3.8, 4) is 0 Å². The molecule has 2 aliphatic rings. The quantitative estimate of drug-likeness (QED) is 0.748. The van der Waals surface area contributed by atoms with E-state index in [1.807, 2.05) is 0 Å². The Balaban J connectivity index is 1.84. The minimum Gasteiger partial charge on any atom is -0.362 e. The Morgan fingerprint density at radius 3 is 2.69 bits per heavy atom. The van der Waals surface area contributed by atoms with E-state index in [-0.39, 0.29) is 24.5 Å². The van der Waals surface area contributed by atoms with E-state index in [1.165, 1.54) is 0 Å². The lowest BCUT2D eigenvalue weighted by Crippen LogP contribution is -2.40. The van der Waals surface area contributed by atoms with Crippen molar-refractivity contribution in [1.29, 1.82) is 0 Å². The lowest BCUT2D eigenvalue weighted by molar-refractivity contribution is -0.125. The third-order valence-electron chi connectivity index (χ3n) is 3.53. The number of hydrogen-bond donors (Lipinski definition) is 1. The molecule has 92 valence electrons. The van der Waals surface area contributed by atoms with Crippen LogP contribution < -0.4 is 5.73 Å². The number of carbonyl (C=O) groups excluding carboxylic acids is 1. The van der Waals surface area contributed by atoms with Crippen molar-refractivity contribution in [3.63, 3.8) is 0 Å². The number of ether oxygens (including phenoxy) is 1. The molecule has 0 aromatic carbocycles. The maximum absolute atomic E-state index is 12.9. The highest BCUT2D eigenvalue weighted by molar-refractivity contribution is 5.93. The van der Waals surface area contributed by atoms with Crippen LogP contribution in [0.3, 0.4) is 0 Å². The Bertz CT molecular complexity index is 302. The third kappa shape index (κ3) is 2.40. The molecule has 1 saturated heterocycles. The van der Waals surface area contributed by atoms with Gasteiger partial charge in [-0.3, -0.25) is 4.79 Å². The van der Waals surface area contributed by atoms with E-state index in [4.69, 9.17) is 10.5 Å². The van der Waals surface area contributed by atoms with Gasteiger partial charge in [0.2, 0.25) is 5.92 Å². The lowest BCUT2D eigenvalue weighted by Gasteiger charge is -2.17. The molecule has 0 amide bonds. The van der Waals surface area contributed by atoms with Gasteiger partial charge in [0.05, 0.1) is 12.6 Å². The first-order valence-corrected chi connectivity index (χ1v) is 5.64. The van der Waals surface area contributed by atoms with Crippen LogP contribution in [0.15, 0.2) is 0 Å². The van der Waals surface area contributed by atoms with Crippen LogP contribution in [0.5, 0.6) is 0 Å². The predicted octanol–water partition coefficient (Wildman–Crippen LogP) is 1.50. The van der Waals surface area contributed by atoms with Gasteiger partial charge in [-0.15, -0.1) is 0 Å². The molecule has 2 fully saturated rings. The minimum atomic E-state index is -2.56. The maximum Gasteiger partial charge on any atom is 0.248 e. The van der Waals surface area contributed by atoms with Gasteiger partial charge in [-0.1, -0.05) is 0 Å². The molecule has 3 atom stereocenters. The van der Waals surface area contributed by atoms with Crippen molar-refractivity contribution in [1.82, 2.24) is 0 Å². The van der Waals surface area contributed by atoms with Gasteiger partial charge in [0.1, 0.15) is 5.60 Å². The smallest absolute Gasteiger partial charge is 0.248 e. The Kier molecular flexibility index (Phi) is 2.78. The number of hydrogen-bond acceptors (Lipinski definition) is 3. The number of Topliss-reactive ketones (excluding diaryl/α,β-unsaturated/α-hetero) is 1. The molecule has 3 nitrogen and oxygen atoms in total. The zero-order chi connectivity index (χ0) is 12.0. The summed E-state index contributed by atoms with van der Waals surface area (Å²) < 4.78 is 30.9. The number of alkyl halides is 2. The zero-order valence-electron chi connectivity index (χ0n) is 9.34. The highest BCUT2D eigenvalue weighted by Gasteiger charge is 2.50. The molecule has 16 heavy (non-hydrogen) atoms. The van der Waals surface area contributed by atoms with Gasteiger partial charge in [-0.2, -0.15) is 0 Å². The molecule has 0 aromatic heterocycles. The summed E-state index contributed by atoms with van der Waals surface area (Å²) in [4.78, 5) is 11.7. The highest BCUT2D eigenvalue weighted by Crippen LogP contribution is 2.41. The number of rotatable bonds is 4. The summed E-state index contributed by atoms with van der Waals surface area (Å²) in [6.07, 6.45) is 0.608. The Hall–Kier alpha value is -0.550. The van der Waals surface area contributed by atoms with Crippen LogP contribution in [0, 0.1) is 5.92 Å². The summed E-state index contributed by atoms with van der Waals surface area (Å²) in [5, 5.41) is 0. The van der Waals surface area contributed by atoms with E-state index in [1.54, 1.807) is 6.92 Å². The molecular formula is C11H17F2NO2. The van der Waals surface area contributed by atoms with Crippen molar-refractivity contribution in [2.45, 2.75) is 50.2 Å². The summed E-state index contributed by atoms with van der Waals surface area (Å²) >= 11 is 0. The number of carbonyl (C=O) groups is 1. The predicted molar refractivity (Wildman–Crippen MR) is 54.2 cm³/mol. The van der Waals surface area contributed by atoms with Crippen molar-refractivity contribution >= 4 is 5.78 Å². The van der Waals surface area contributed by atoms with E-state index in [0.29, 0.717) is 19.4 Å². The molecule has 5 heteroatoms. The summed E-state index contributed by atoms with van der Waals surface area (Å²) in [6.45, 7) is 2.10. The van der Waals surface area contributed by atoms with Gasteiger partial charge in [0, 0.05) is 12.8 Å². The molecule has 1 aliphatic carbocycles. The second kappa shape index (κ2) is 3.74. The fourth-order valence-corrected chi connectivity index (χ4v) is 2.35. The molecule has 2 rings (SSSR count). The summed E-state index contributed by atoms with van der Waals surface area (Å²) in [7, 11) is 0. The number of ketones is 1. The molecule has 1 aliphatic heterocycles. The van der Waals surface area contributed by atoms with Crippen molar-refractivity contribution < 1.29 is 18.3 Å². The van der Waals surface area contributed by atoms with E-state index in [0.717, 1.165) is 0 Å². The minimum absolute atomic E-state index is 0.0770. The third-order valence-corrected chi connectivity index (χ3v) is 3.53. The molecule has 1 heterocycles. The van der Waals surface area contributed by atoms with Crippen LogP contribution >= 0.6 is 0 Å². The first kappa shape index (κ1) is 11.9. The summed E-state index contributed by atoms with van der Waals surface area (Å²) in [6, 6.07) is -0.661. The van der Waals surface area contributed by atoms with E-state index >= 15 is 0 Å². The Morgan fingerprint density at radius 1 is 1.62 bits per heavy atom. The van der Waals surface area contributed by atoms with Gasteiger partial charge >= 0.3 is 0 Å². The average molecular weight is 233 g/mol. The van der Waals surface area contributed by atoms with Gasteiger partial charge in [0.25, 0.3) is 0 Å². The Labute approximate surface area is 93.3 Å². The fraction of sp³-hybridized carbons (Fsp3) is 0.909. The molecule has 1 saturated carbocycles. The maximum atomic E-state index is 12.9. The number of halogens is 2. The zero-order valence-corrected chi connectivity index (χ0v) is 9.34. The first-order valence-electron chi connectivity index (χ1n) is 5.64. The molecule has 2 unspecified atom stereocenters. The summed E-state index contributed by atoms with van der Waals surface area (Å²) in [5.41, 5.74) is 5.00. The normalized spacial score (nSPS) is 38.4. The van der Waals surface area contributed by atoms with Gasteiger partial charge < -0.3 is 10.5 Å². The molecular weight excluding hydrogens is 216 g/mol. The van der Waals surface area contributed by atoms with E-state index in [2.05, 4.69) is 0 Å². The van der Waals surface area contributed by atoms with Crippen LogP contribution in [0.4, 0.5) is 8.78 Å². The SMILES string of the molecule is CC1(C(=O)C(N)C[C@@H]2CCC(F)(F)C2)CO1. The Morgan fingerprint density at radius 2 is 2.25 bits per heavy atom. The highest BCUT2D eigenvalue weighted by atomic mass is 19.3. The van der Waals surface area contributed by atoms with Crippen molar-refractivity contribution in [3.05, 3.63) is 0 Å². The van der Waals surface area contributed by atoms with Crippen molar-refractivity contribution in [2.24, 2.45) is 11.7 Å². The summed E-state index contributed by atoms with van der Waals surface area (Å²) in [5.74, 6) is -2.84. The number of epoxide rings is 1. The molecule has 2 N–H and O–H groups in total. The van der Waals surface area contributed by atoms with Crippen LogP contribution in [-0.2, 0) is 9.53 Å². The molecule has 0 bridgehead atoms. The van der Waals surface area contributed by atoms with Crippen molar-refractivity contribution in [2.75, 3.05) is 6.61 Å². The average Bonchev–Trinajstić information content (AvgIpc) is 2.84. The van der Waals surface area contributed by atoms with Gasteiger partial charge in [-0.05, 0) is 25.7 Å². The van der Waals surface area contributed by atoms with Crippen LogP contribution in [-0.4, -0.2) is 30.0 Å². The topological polar surface area (TPSA) is 55.6 Å². The largest absolute Gasteiger partial charge is 0.362 e. The van der Waals surface area contributed by atoms with Gasteiger partial charge in [-0.25, -0.2) is 8.78 Å². The molecule has 0 aromatic rings. The first-order chi connectivity index (χ1) is 7.32. The van der Waals surface area contributed by atoms with Crippen LogP contribution in [0.25, 0.3) is 0 Å². The number of nitrogens with two attached hydrogens (primary N) is 1. The van der Waals surface area contributed by atoms with E-state index in [9.17, 15) is 13.6 Å². The van der Waals surface area contributed by atoms with Crippen LogP contribution in [0.2, 0.25) is 0 Å². The molecule has 0 radical (unpaired) electrons. The van der Waals surface area contributed by atoms with Crippen LogP contribution in [0.1, 0.15) is 32.6 Å². The fourth-order valence-electron chi connectivity index (χ4n) is 2.35. The monoisotopic (exact) mass is 233 g/mol. The molecule has 0 spiro atoms.